The van der Waals surface area contributed by atoms with Gasteiger partial charge in [0.25, 0.3) is 0 Å². The Balaban J connectivity index is 1.71. The second-order valence-corrected chi connectivity index (χ2v) is 4.69. The monoisotopic (exact) mass is 220 g/mol. The van der Waals surface area contributed by atoms with Crippen LogP contribution >= 0.6 is 0 Å². The summed E-state index contributed by atoms with van der Waals surface area (Å²) < 4.78 is 0. The zero-order valence-electron chi connectivity index (χ0n) is 9.28. The number of rotatable bonds is 1. The van der Waals surface area contributed by atoms with Gasteiger partial charge >= 0.3 is 0 Å². The van der Waals surface area contributed by atoms with Gasteiger partial charge in [0.15, 0.2) is 0 Å². The van der Waals surface area contributed by atoms with Gasteiger partial charge in [-0.1, -0.05) is 0 Å². The molecule has 1 N–H and O–H groups in total. The van der Waals surface area contributed by atoms with Gasteiger partial charge in [-0.05, 0) is 25.7 Å². The van der Waals surface area contributed by atoms with Crippen LogP contribution in [0.4, 0.5) is 0 Å². The molecule has 0 aromatic carbocycles. The lowest BCUT2D eigenvalue weighted by Gasteiger charge is -2.24. The first kappa shape index (κ1) is 9.81. The number of aromatic nitrogens is 3. The third kappa shape index (κ3) is 1.60. The van der Waals surface area contributed by atoms with Crippen LogP contribution in [0.25, 0.3) is 0 Å². The molecule has 1 fully saturated rings. The Bertz CT molecular complexity index is 394. The van der Waals surface area contributed by atoms with Crippen molar-refractivity contribution in [3.63, 3.8) is 0 Å². The van der Waals surface area contributed by atoms with E-state index in [4.69, 9.17) is 0 Å². The molecule has 0 bridgehead atoms. The van der Waals surface area contributed by atoms with Crippen LogP contribution in [-0.4, -0.2) is 39.3 Å². The molecule has 1 aromatic heterocycles. The van der Waals surface area contributed by atoms with E-state index in [2.05, 4.69) is 15.4 Å². The van der Waals surface area contributed by atoms with Gasteiger partial charge in [0.1, 0.15) is 0 Å². The number of hydrogen-bond acceptors (Lipinski definition) is 3. The average Bonchev–Trinajstić information content (AvgIpc) is 2.98. The number of fused-ring (bicyclic) bond motifs is 1. The van der Waals surface area contributed by atoms with E-state index in [1.54, 1.807) is 0 Å². The smallest absolute Gasteiger partial charge is 0.226 e. The van der Waals surface area contributed by atoms with Gasteiger partial charge in [0.05, 0.1) is 11.4 Å². The molecule has 86 valence electrons. The standard InChI is InChI=1S/C11H16N4O/c16-11(15-5-1-2-6-15)8-3-4-9-10(7-8)13-14-12-9/h8H,1-7H2,(H,12,13,14). The van der Waals surface area contributed by atoms with Crippen molar-refractivity contribution >= 4 is 5.91 Å². The van der Waals surface area contributed by atoms with Crippen LogP contribution in [0.5, 0.6) is 0 Å². The summed E-state index contributed by atoms with van der Waals surface area (Å²) >= 11 is 0. The number of aromatic amines is 1. The molecule has 1 aliphatic heterocycles. The fourth-order valence-electron chi connectivity index (χ4n) is 2.69. The summed E-state index contributed by atoms with van der Waals surface area (Å²) in [5.74, 6) is 0.460. The first-order valence-electron chi connectivity index (χ1n) is 6.02. The van der Waals surface area contributed by atoms with Crippen LogP contribution in [0.15, 0.2) is 0 Å². The van der Waals surface area contributed by atoms with Crippen molar-refractivity contribution in [1.29, 1.82) is 0 Å². The van der Waals surface area contributed by atoms with Crippen molar-refractivity contribution < 1.29 is 4.79 Å². The van der Waals surface area contributed by atoms with Gasteiger partial charge in [-0.15, -0.1) is 0 Å². The molecule has 1 saturated heterocycles. The van der Waals surface area contributed by atoms with Crippen molar-refractivity contribution in [3.8, 4) is 0 Å². The number of aryl methyl sites for hydroxylation is 1. The first-order valence-corrected chi connectivity index (χ1v) is 6.02. The zero-order valence-corrected chi connectivity index (χ0v) is 9.28. The van der Waals surface area contributed by atoms with Crippen LogP contribution in [-0.2, 0) is 17.6 Å². The number of carbonyl (C=O) groups excluding carboxylic acids is 1. The normalized spacial score (nSPS) is 24.5. The van der Waals surface area contributed by atoms with Crippen molar-refractivity contribution in [3.05, 3.63) is 11.4 Å². The van der Waals surface area contributed by atoms with Gasteiger partial charge in [-0.3, -0.25) is 4.79 Å². The number of likely N-dealkylation sites (tertiary alicyclic amines) is 1. The highest BCUT2D eigenvalue weighted by Crippen LogP contribution is 2.25. The number of amides is 1. The molecule has 1 aromatic rings. The second-order valence-electron chi connectivity index (χ2n) is 4.69. The summed E-state index contributed by atoms with van der Waals surface area (Å²) in [6.45, 7) is 1.89. The molecule has 1 unspecified atom stereocenters. The van der Waals surface area contributed by atoms with E-state index in [1.807, 2.05) is 4.90 Å². The maximum Gasteiger partial charge on any atom is 0.226 e. The largest absolute Gasteiger partial charge is 0.342 e. The maximum atomic E-state index is 12.2. The summed E-state index contributed by atoms with van der Waals surface area (Å²) in [6.07, 6.45) is 4.90. The molecular weight excluding hydrogens is 204 g/mol. The lowest BCUT2D eigenvalue weighted by atomic mass is 9.89. The molecule has 2 aliphatic rings. The lowest BCUT2D eigenvalue weighted by Crippen LogP contribution is -2.36. The van der Waals surface area contributed by atoms with Crippen molar-refractivity contribution in [1.82, 2.24) is 20.3 Å². The van der Waals surface area contributed by atoms with Crippen LogP contribution in [0.2, 0.25) is 0 Å². The molecule has 16 heavy (non-hydrogen) atoms. The van der Waals surface area contributed by atoms with Crippen LogP contribution in [0, 0.1) is 5.92 Å². The molecule has 1 amide bonds. The number of H-pyrrole nitrogens is 1. The van der Waals surface area contributed by atoms with E-state index in [1.165, 1.54) is 0 Å². The quantitative estimate of drug-likeness (QED) is 0.751. The highest BCUT2D eigenvalue weighted by Gasteiger charge is 2.31. The van der Waals surface area contributed by atoms with Crippen molar-refractivity contribution in [2.24, 2.45) is 5.92 Å². The minimum absolute atomic E-state index is 0.135. The Morgan fingerprint density at radius 3 is 2.81 bits per heavy atom. The molecule has 1 aliphatic carbocycles. The highest BCUT2D eigenvalue weighted by atomic mass is 16.2. The lowest BCUT2D eigenvalue weighted by molar-refractivity contribution is -0.134. The van der Waals surface area contributed by atoms with E-state index in [9.17, 15) is 4.79 Å². The molecule has 1 atom stereocenters. The Morgan fingerprint density at radius 1 is 1.25 bits per heavy atom. The molecule has 3 rings (SSSR count). The second kappa shape index (κ2) is 3.88. The highest BCUT2D eigenvalue weighted by molar-refractivity contribution is 5.79. The molecule has 2 heterocycles. The molecule has 5 heteroatoms. The predicted octanol–water partition coefficient (Wildman–Crippen LogP) is 0.532. The van der Waals surface area contributed by atoms with Gasteiger partial charge < -0.3 is 4.90 Å². The zero-order chi connectivity index (χ0) is 11.0. The Hall–Kier alpha value is -1.39. The third-order valence-electron chi connectivity index (χ3n) is 3.64. The summed E-state index contributed by atoms with van der Waals surface area (Å²) in [5.41, 5.74) is 2.04. The van der Waals surface area contributed by atoms with Crippen LogP contribution < -0.4 is 0 Å². The van der Waals surface area contributed by atoms with E-state index < -0.39 is 0 Å². The molecule has 0 spiro atoms. The topological polar surface area (TPSA) is 61.9 Å². The fraction of sp³-hybridized carbons (Fsp3) is 0.727. The fourth-order valence-corrected chi connectivity index (χ4v) is 2.69. The van der Waals surface area contributed by atoms with Gasteiger partial charge in [0.2, 0.25) is 5.91 Å². The molecule has 5 nitrogen and oxygen atoms in total. The van der Waals surface area contributed by atoms with E-state index >= 15 is 0 Å². The van der Waals surface area contributed by atoms with Gasteiger partial charge in [0, 0.05) is 25.4 Å². The molecule has 0 saturated carbocycles. The summed E-state index contributed by atoms with van der Waals surface area (Å²) in [4.78, 5) is 14.2. The average molecular weight is 220 g/mol. The van der Waals surface area contributed by atoms with Gasteiger partial charge in [-0.2, -0.15) is 15.4 Å². The van der Waals surface area contributed by atoms with E-state index in [-0.39, 0.29) is 5.92 Å². The summed E-state index contributed by atoms with van der Waals surface area (Å²) in [7, 11) is 0. The summed E-state index contributed by atoms with van der Waals surface area (Å²) in [6, 6.07) is 0. The molecule has 0 radical (unpaired) electrons. The number of nitrogens with one attached hydrogen (secondary N) is 1. The summed E-state index contributed by atoms with van der Waals surface area (Å²) in [5, 5.41) is 10.8. The van der Waals surface area contributed by atoms with Gasteiger partial charge in [-0.25, -0.2) is 0 Å². The molecular formula is C11H16N4O. The number of hydrogen-bond donors (Lipinski definition) is 1. The van der Waals surface area contributed by atoms with E-state index in [0.717, 1.165) is 56.6 Å². The maximum absolute atomic E-state index is 12.2. The predicted molar refractivity (Wildman–Crippen MR) is 57.7 cm³/mol. The first-order chi connectivity index (χ1) is 7.84. The Morgan fingerprint density at radius 2 is 2.00 bits per heavy atom. The Labute approximate surface area is 94.2 Å². The number of nitrogens with zero attached hydrogens (tertiary/aromatic N) is 3. The minimum atomic E-state index is 0.135. The minimum Gasteiger partial charge on any atom is -0.342 e. The number of carbonyl (C=O) groups is 1. The third-order valence-corrected chi connectivity index (χ3v) is 3.64. The van der Waals surface area contributed by atoms with Crippen molar-refractivity contribution in [2.45, 2.75) is 32.1 Å². The van der Waals surface area contributed by atoms with Crippen LogP contribution in [0.1, 0.15) is 30.7 Å². The van der Waals surface area contributed by atoms with Crippen LogP contribution in [0.3, 0.4) is 0 Å². The van der Waals surface area contributed by atoms with Crippen molar-refractivity contribution in [2.75, 3.05) is 13.1 Å². The SMILES string of the molecule is O=C(C1CCc2n[nH]nc2C1)N1CCCC1. The van der Waals surface area contributed by atoms with E-state index in [0.29, 0.717) is 5.91 Å². The Kier molecular flexibility index (Phi) is 2.38.